The summed E-state index contributed by atoms with van der Waals surface area (Å²) in [5.74, 6) is 1.07. The van der Waals surface area contributed by atoms with Crippen LogP contribution in [0.5, 0.6) is 0 Å². The van der Waals surface area contributed by atoms with Crippen molar-refractivity contribution in [3.8, 4) is 0 Å². The molecule has 0 fully saturated rings. The van der Waals surface area contributed by atoms with Crippen LogP contribution >= 0.6 is 0 Å². The lowest BCUT2D eigenvalue weighted by atomic mass is 10.2. The summed E-state index contributed by atoms with van der Waals surface area (Å²) in [4.78, 5) is 8.78. The quantitative estimate of drug-likeness (QED) is 0.789. The predicted octanol–water partition coefficient (Wildman–Crippen LogP) is 2.59. The highest BCUT2D eigenvalue weighted by Gasteiger charge is 2.07. The molecule has 1 heterocycles. The molecule has 0 aliphatic carbocycles. The van der Waals surface area contributed by atoms with E-state index in [1.807, 2.05) is 30.3 Å². The van der Waals surface area contributed by atoms with Crippen LogP contribution in [0.4, 0.5) is 11.6 Å². The number of aromatic nitrogens is 2. The average Bonchev–Trinajstić information content (AvgIpc) is 2.30. The van der Waals surface area contributed by atoms with E-state index < -0.39 is 0 Å². The fourth-order valence-corrected chi connectivity index (χ4v) is 1.66. The Morgan fingerprint density at radius 3 is 2.65 bits per heavy atom. The van der Waals surface area contributed by atoms with Crippen molar-refractivity contribution >= 4 is 22.7 Å². The molecule has 2 rings (SSSR count). The molecule has 17 heavy (non-hydrogen) atoms. The topological polar surface area (TPSA) is 63.8 Å². The largest absolute Gasteiger partial charge is 0.381 e. The minimum Gasteiger partial charge on any atom is -0.381 e. The van der Waals surface area contributed by atoms with Crippen molar-refractivity contribution in [1.82, 2.24) is 9.97 Å². The van der Waals surface area contributed by atoms with E-state index in [9.17, 15) is 0 Å². The Bertz CT molecular complexity index is 536. The summed E-state index contributed by atoms with van der Waals surface area (Å²) in [6.07, 6.45) is 2.72. The number of nitrogens with two attached hydrogens (primary N) is 1. The number of nitrogen functional groups attached to an aromatic ring is 1. The Labute approximate surface area is 101 Å². The minimum atomic E-state index is 0.241. The van der Waals surface area contributed by atoms with Crippen molar-refractivity contribution in [3.05, 3.63) is 36.9 Å². The van der Waals surface area contributed by atoms with Crippen molar-refractivity contribution < 1.29 is 0 Å². The lowest BCUT2D eigenvalue weighted by molar-refractivity contribution is 0.808. The van der Waals surface area contributed by atoms with E-state index >= 15 is 0 Å². The third-order valence-electron chi connectivity index (χ3n) is 2.50. The maximum absolute atomic E-state index is 5.87. The highest BCUT2D eigenvalue weighted by molar-refractivity contribution is 5.79. The molecular weight excluding hydrogens is 212 g/mol. The molecule has 4 nitrogen and oxygen atoms in total. The number of rotatable bonds is 4. The summed E-state index contributed by atoms with van der Waals surface area (Å²) < 4.78 is 0. The zero-order valence-electron chi connectivity index (χ0n) is 9.85. The first-order valence-corrected chi connectivity index (χ1v) is 5.60. The summed E-state index contributed by atoms with van der Waals surface area (Å²) in [6, 6.07) is 7.92. The summed E-state index contributed by atoms with van der Waals surface area (Å²) in [6.45, 7) is 5.76. The molecule has 1 unspecified atom stereocenters. The molecule has 2 aromatic rings. The molecule has 0 aliphatic rings. The normalized spacial score (nSPS) is 12.3. The van der Waals surface area contributed by atoms with E-state index in [-0.39, 0.29) is 6.04 Å². The third kappa shape index (κ3) is 2.53. The molecule has 0 bridgehead atoms. The average molecular weight is 228 g/mol. The van der Waals surface area contributed by atoms with Gasteiger partial charge in [-0.05, 0) is 25.5 Å². The first kappa shape index (κ1) is 11.4. The standard InChI is InChI=1S/C13H16N4/c1-3-6-9(2)15-13-12(14)16-10-7-4-5-8-11(10)17-13/h3-5,7-9H,1,6H2,2H3,(H2,14,16)(H,15,17). The number of nitrogens with one attached hydrogen (secondary N) is 1. The molecule has 3 N–H and O–H groups in total. The molecule has 0 aliphatic heterocycles. The van der Waals surface area contributed by atoms with Crippen molar-refractivity contribution in [2.45, 2.75) is 19.4 Å². The molecular formula is C13H16N4. The second-order valence-corrected chi connectivity index (χ2v) is 4.02. The van der Waals surface area contributed by atoms with Gasteiger partial charge in [0.15, 0.2) is 11.6 Å². The SMILES string of the molecule is C=CCC(C)Nc1nc2ccccc2nc1N. The van der Waals surface area contributed by atoms with E-state index in [4.69, 9.17) is 5.73 Å². The van der Waals surface area contributed by atoms with E-state index in [0.717, 1.165) is 17.5 Å². The van der Waals surface area contributed by atoms with Crippen LogP contribution in [0.15, 0.2) is 36.9 Å². The van der Waals surface area contributed by atoms with Gasteiger partial charge in [-0.2, -0.15) is 0 Å². The van der Waals surface area contributed by atoms with Crippen LogP contribution in [0.1, 0.15) is 13.3 Å². The zero-order chi connectivity index (χ0) is 12.3. The maximum Gasteiger partial charge on any atom is 0.169 e. The van der Waals surface area contributed by atoms with Crippen molar-refractivity contribution in [3.63, 3.8) is 0 Å². The van der Waals surface area contributed by atoms with Gasteiger partial charge in [0, 0.05) is 6.04 Å². The Morgan fingerprint density at radius 2 is 2.00 bits per heavy atom. The van der Waals surface area contributed by atoms with Crippen LogP contribution in [0.2, 0.25) is 0 Å². The predicted molar refractivity (Wildman–Crippen MR) is 71.8 cm³/mol. The van der Waals surface area contributed by atoms with Gasteiger partial charge in [0.05, 0.1) is 11.0 Å². The summed E-state index contributed by atoms with van der Waals surface area (Å²) in [5, 5.41) is 3.23. The lowest BCUT2D eigenvalue weighted by Gasteiger charge is -2.14. The van der Waals surface area contributed by atoms with Crippen LogP contribution in [0, 0.1) is 0 Å². The monoisotopic (exact) mass is 228 g/mol. The molecule has 88 valence electrons. The molecule has 0 amide bonds. The molecule has 0 spiro atoms. The zero-order valence-corrected chi connectivity index (χ0v) is 9.85. The number of nitrogens with zero attached hydrogens (tertiary/aromatic N) is 2. The lowest BCUT2D eigenvalue weighted by Crippen LogP contribution is -2.16. The first-order chi connectivity index (χ1) is 8.20. The molecule has 1 aromatic carbocycles. The smallest absolute Gasteiger partial charge is 0.169 e. The number of fused-ring (bicyclic) bond motifs is 1. The van der Waals surface area contributed by atoms with Crippen LogP contribution in [0.25, 0.3) is 11.0 Å². The maximum atomic E-state index is 5.87. The second kappa shape index (κ2) is 4.82. The number of anilines is 2. The van der Waals surface area contributed by atoms with Gasteiger partial charge in [-0.25, -0.2) is 9.97 Å². The number of hydrogen-bond donors (Lipinski definition) is 2. The van der Waals surface area contributed by atoms with Gasteiger partial charge in [0.25, 0.3) is 0 Å². The molecule has 1 aromatic heterocycles. The molecule has 1 atom stereocenters. The Morgan fingerprint density at radius 1 is 1.35 bits per heavy atom. The minimum absolute atomic E-state index is 0.241. The van der Waals surface area contributed by atoms with Crippen molar-refractivity contribution in [2.24, 2.45) is 0 Å². The molecule has 0 saturated heterocycles. The molecule has 0 saturated carbocycles. The summed E-state index contributed by atoms with van der Waals surface area (Å²) >= 11 is 0. The first-order valence-electron chi connectivity index (χ1n) is 5.60. The second-order valence-electron chi connectivity index (χ2n) is 4.02. The Hall–Kier alpha value is -2.10. The third-order valence-corrected chi connectivity index (χ3v) is 2.50. The van der Waals surface area contributed by atoms with Crippen LogP contribution in [0.3, 0.4) is 0 Å². The summed E-state index contributed by atoms with van der Waals surface area (Å²) in [7, 11) is 0. The van der Waals surface area contributed by atoms with Gasteiger partial charge in [0.2, 0.25) is 0 Å². The number of para-hydroxylation sites is 2. The molecule has 0 radical (unpaired) electrons. The van der Waals surface area contributed by atoms with Gasteiger partial charge >= 0.3 is 0 Å². The van der Waals surface area contributed by atoms with Gasteiger partial charge in [-0.15, -0.1) is 6.58 Å². The summed E-state index contributed by atoms with van der Waals surface area (Å²) in [5.41, 5.74) is 7.52. The highest BCUT2D eigenvalue weighted by Crippen LogP contribution is 2.19. The van der Waals surface area contributed by atoms with E-state index in [1.165, 1.54) is 0 Å². The fraction of sp³-hybridized carbons (Fsp3) is 0.231. The van der Waals surface area contributed by atoms with Gasteiger partial charge in [0.1, 0.15) is 0 Å². The van der Waals surface area contributed by atoms with Crippen LogP contribution < -0.4 is 11.1 Å². The Kier molecular flexibility index (Phi) is 3.23. The fourth-order valence-electron chi connectivity index (χ4n) is 1.66. The number of benzene rings is 1. The van der Waals surface area contributed by atoms with Gasteiger partial charge in [-0.1, -0.05) is 18.2 Å². The van der Waals surface area contributed by atoms with E-state index in [1.54, 1.807) is 0 Å². The van der Waals surface area contributed by atoms with Gasteiger partial charge < -0.3 is 11.1 Å². The Balaban J connectivity index is 2.33. The van der Waals surface area contributed by atoms with E-state index in [0.29, 0.717) is 11.6 Å². The van der Waals surface area contributed by atoms with Gasteiger partial charge in [-0.3, -0.25) is 0 Å². The van der Waals surface area contributed by atoms with Crippen LogP contribution in [-0.4, -0.2) is 16.0 Å². The van der Waals surface area contributed by atoms with Crippen molar-refractivity contribution in [2.75, 3.05) is 11.1 Å². The van der Waals surface area contributed by atoms with Crippen LogP contribution in [-0.2, 0) is 0 Å². The highest BCUT2D eigenvalue weighted by atomic mass is 15.1. The number of hydrogen-bond acceptors (Lipinski definition) is 4. The van der Waals surface area contributed by atoms with E-state index in [2.05, 4.69) is 28.8 Å². The van der Waals surface area contributed by atoms with Crippen molar-refractivity contribution in [1.29, 1.82) is 0 Å². The molecule has 4 heteroatoms.